The summed E-state index contributed by atoms with van der Waals surface area (Å²) >= 11 is 5.86. The van der Waals surface area contributed by atoms with E-state index in [9.17, 15) is 5.11 Å². The molecule has 0 aliphatic rings. The van der Waals surface area contributed by atoms with Gasteiger partial charge in [0.05, 0.1) is 6.10 Å². The normalized spacial score (nSPS) is 14.1. The Hall–Kier alpha value is -1.42. The first-order valence-electron chi connectivity index (χ1n) is 6.23. The molecular weight excluding hydrogens is 260 g/mol. The van der Waals surface area contributed by atoms with E-state index in [1.165, 1.54) is 0 Å². The monoisotopic (exact) mass is 276 g/mol. The minimum absolute atomic E-state index is 0.156. The summed E-state index contributed by atoms with van der Waals surface area (Å²) in [5, 5.41) is 14.1. The molecule has 0 amide bonds. The van der Waals surface area contributed by atoms with Crippen molar-refractivity contribution in [2.45, 2.75) is 19.1 Å². The molecule has 0 fully saturated rings. The Labute approximate surface area is 118 Å². The Balaban J connectivity index is 1.90. The molecule has 2 atom stereocenters. The second kappa shape index (κ2) is 6.66. The lowest BCUT2D eigenvalue weighted by Gasteiger charge is -2.17. The van der Waals surface area contributed by atoms with Crippen LogP contribution in [0.5, 0.6) is 0 Å². The Morgan fingerprint density at radius 3 is 2.58 bits per heavy atom. The lowest BCUT2D eigenvalue weighted by Crippen LogP contribution is -2.24. The number of hydrogen-bond donors (Lipinski definition) is 2. The van der Waals surface area contributed by atoms with Crippen molar-refractivity contribution in [3.05, 3.63) is 64.9 Å². The Kier molecular flexibility index (Phi) is 4.91. The average Bonchev–Trinajstić information content (AvgIpc) is 2.46. The van der Waals surface area contributed by atoms with Gasteiger partial charge in [-0.3, -0.25) is 4.98 Å². The molecule has 0 spiro atoms. The van der Waals surface area contributed by atoms with Gasteiger partial charge in [0.15, 0.2) is 0 Å². The first-order chi connectivity index (χ1) is 9.16. The lowest BCUT2D eigenvalue weighted by molar-refractivity contribution is 0.170. The van der Waals surface area contributed by atoms with E-state index in [0.29, 0.717) is 6.54 Å². The summed E-state index contributed by atoms with van der Waals surface area (Å²) in [6, 6.07) is 11.5. The van der Waals surface area contributed by atoms with E-state index in [4.69, 9.17) is 11.6 Å². The van der Waals surface area contributed by atoms with Gasteiger partial charge in [-0.05, 0) is 30.7 Å². The largest absolute Gasteiger partial charge is 0.387 e. The second-order valence-corrected chi connectivity index (χ2v) is 4.92. The van der Waals surface area contributed by atoms with Crippen LogP contribution in [0, 0.1) is 0 Å². The Morgan fingerprint density at radius 1 is 1.21 bits per heavy atom. The molecule has 0 saturated heterocycles. The molecule has 0 saturated carbocycles. The number of rotatable bonds is 5. The summed E-state index contributed by atoms with van der Waals surface area (Å²) in [7, 11) is 0. The minimum atomic E-state index is -0.552. The van der Waals surface area contributed by atoms with Crippen molar-refractivity contribution >= 4 is 11.6 Å². The smallest absolute Gasteiger partial charge is 0.0929 e. The third-order valence-electron chi connectivity index (χ3n) is 3.06. The van der Waals surface area contributed by atoms with Crippen molar-refractivity contribution in [3.63, 3.8) is 0 Å². The van der Waals surface area contributed by atoms with Crippen LogP contribution in [0.2, 0.25) is 5.02 Å². The predicted octanol–water partition coefficient (Wildman–Crippen LogP) is 3.12. The maximum absolute atomic E-state index is 10.0. The van der Waals surface area contributed by atoms with Crippen molar-refractivity contribution in [1.82, 2.24) is 10.3 Å². The number of benzene rings is 1. The van der Waals surface area contributed by atoms with Crippen LogP contribution in [-0.4, -0.2) is 16.6 Å². The summed E-state index contributed by atoms with van der Waals surface area (Å²) in [4.78, 5) is 4.00. The van der Waals surface area contributed by atoms with Crippen LogP contribution in [0.3, 0.4) is 0 Å². The molecule has 2 aromatic rings. The average molecular weight is 277 g/mol. The Bertz CT molecular complexity index is 501. The quantitative estimate of drug-likeness (QED) is 0.882. The number of halogens is 1. The number of pyridine rings is 1. The van der Waals surface area contributed by atoms with Crippen LogP contribution in [0.15, 0.2) is 48.8 Å². The number of aliphatic hydroxyl groups is 1. The van der Waals surface area contributed by atoms with Crippen LogP contribution in [0.4, 0.5) is 0 Å². The fourth-order valence-electron chi connectivity index (χ4n) is 1.85. The van der Waals surface area contributed by atoms with E-state index in [1.54, 1.807) is 12.4 Å². The summed E-state index contributed by atoms with van der Waals surface area (Å²) in [6.45, 7) is 2.54. The Morgan fingerprint density at radius 2 is 1.95 bits per heavy atom. The number of hydrogen-bond acceptors (Lipinski definition) is 3. The molecule has 2 rings (SSSR count). The highest BCUT2D eigenvalue weighted by Crippen LogP contribution is 2.17. The van der Waals surface area contributed by atoms with Crippen LogP contribution in [0.25, 0.3) is 0 Å². The zero-order chi connectivity index (χ0) is 13.7. The van der Waals surface area contributed by atoms with Crippen LogP contribution < -0.4 is 5.32 Å². The summed E-state index contributed by atoms with van der Waals surface area (Å²) in [6.07, 6.45) is 2.82. The maximum atomic E-state index is 10.0. The van der Waals surface area contributed by atoms with Crippen molar-refractivity contribution in [2.24, 2.45) is 0 Å². The first-order valence-corrected chi connectivity index (χ1v) is 6.61. The second-order valence-electron chi connectivity index (χ2n) is 4.48. The fourth-order valence-corrected chi connectivity index (χ4v) is 1.97. The molecule has 3 nitrogen and oxygen atoms in total. The van der Waals surface area contributed by atoms with Gasteiger partial charge in [0.25, 0.3) is 0 Å². The van der Waals surface area contributed by atoms with E-state index in [1.807, 2.05) is 36.4 Å². The molecule has 2 N–H and O–H groups in total. The van der Waals surface area contributed by atoms with Gasteiger partial charge in [0, 0.05) is 35.6 Å². The zero-order valence-electron chi connectivity index (χ0n) is 10.8. The van der Waals surface area contributed by atoms with Crippen molar-refractivity contribution in [1.29, 1.82) is 0 Å². The van der Waals surface area contributed by atoms with E-state index in [-0.39, 0.29) is 6.04 Å². The minimum Gasteiger partial charge on any atom is -0.387 e. The van der Waals surface area contributed by atoms with Crippen LogP contribution >= 0.6 is 11.6 Å². The SMILES string of the molecule is C[C@H](NC[C@@H](O)c1cccnc1)c1ccc(Cl)cc1. The third kappa shape index (κ3) is 4.03. The molecule has 1 aromatic carbocycles. The van der Waals surface area contributed by atoms with Gasteiger partial charge in [-0.25, -0.2) is 0 Å². The highest BCUT2D eigenvalue weighted by Gasteiger charge is 2.10. The molecule has 1 heterocycles. The zero-order valence-corrected chi connectivity index (χ0v) is 11.5. The van der Waals surface area contributed by atoms with E-state index in [2.05, 4.69) is 17.2 Å². The molecule has 19 heavy (non-hydrogen) atoms. The molecule has 0 radical (unpaired) electrons. The molecule has 0 aliphatic heterocycles. The molecule has 4 heteroatoms. The number of aromatic nitrogens is 1. The fraction of sp³-hybridized carbons (Fsp3) is 0.267. The maximum Gasteiger partial charge on any atom is 0.0929 e. The van der Waals surface area contributed by atoms with Gasteiger partial charge in [-0.2, -0.15) is 0 Å². The van der Waals surface area contributed by atoms with Crippen molar-refractivity contribution in [3.8, 4) is 0 Å². The number of nitrogens with zero attached hydrogens (tertiary/aromatic N) is 1. The van der Waals surface area contributed by atoms with Gasteiger partial charge in [0.1, 0.15) is 0 Å². The van der Waals surface area contributed by atoms with Crippen LogP contribution in [-0.2, 0) is 0 Å². The van der Waals surface area contributed by atoms with Crippen LogP contribution in [0.1, 0.15) is 30.2 Å². The molecule has 0 aliphatic carbocycles. The highest BCUT2D eigenvalue weighted by atomic mass is 35.5. The number of nitrogens with one attached hydrogen (secondary N) is 1. The van der Waals surface area contributed by atoms with Gasteiger partial charge in [0.2, 0.25) is 0 Å². The molecule has 0 unspecified atom stereocenters. The summed E-state index contributed by atoms with van der Waals surface area (Å²) in [5.41, 5.74) is 1.96. The van der Waals surface area contributed by atoms with Gasteiger partial charge in [-0.1, -0.05) is 29.8 Å². The van der Waals surface area contributed by atoms with Gasteiger partial charge >= 0.3 is 0 Å². The molecular formula is C15H17ClN2O. The lowest BCUT2D eigenvalue weighted by atomic mass is 10.1. The first kappa shape index (κ1) is 14.0. The number of aliphatic hydroxyl groups excluding tert-OH is 1. The molecule has 100 valence electrons. The summed E-state index contributed by atoms with van der Waals surface area (Å²) < 4.78 is 0. The van der Waals surface area contributed by atoms with Gasteiger partial charge < -0.3 is 10.4 Å². The predicted molar refractivity (Wildman–Crippen MR) is 77.1 cm³/mol. The topological polar surface area (TPSA) is 45.1 Å². The standard InChI is InChI=1S/C15H17ClN2O/c1-11(12-4-6-14(16)7-5-12)18-10-15(19)13-3-2-8-17-9-13/h2-9,11,15,18-19H,10H2,1H3/t11-,15+/m0/s1. The van der Waals surface area contributed by atoms with Gasteiger partial charge in [-0.15, -0.1) is 0 Å². The van der Waals surface area contributed by atoms with E-state index in [0.717, 1.165) is 16.1 Å². The molecule has 1 aromatic heterocycles. The van der Waals surface area contributed by atoms with E-state index < -0.39 is 6.10 Å². The highest BCUT2D eigenvalue weighted by molar-refractivity contribution is 6.30. The van der Waals surface area contributed by atoms with E-state index >= 15 is 0 Å². The summed E-state index contributed by atoms with van der Waals surface area (Å²) in [5.74, 6) is 0. The third-order valence-corrected chi connectivity index (χ3v) is 3.31. The van der Waals surface area contributed by atoms with Crippen molar-refractivity contribution < 1.29 is 5.11 Å². The molecule has 0 bridgehead atoms. The van der Waals surface area contributed by atoms with Crippen molar-refractivity contribution in [2.75, 3.05) is 6.54 Å².